The third kappa shape index (κ3) is 3.10. The summed E-state index contributed by atoms with van der Waals surface area (Å²) in [6.07, 6.45) is -4.94. The van der Waals surface area contributed by atoms with Crippen molar-refractivity contribution in [2.75, 3.05) is 12.3 Å². The molecule has 0 spiro atoms. The fourth-order valence-electron chi connectivity index (χ4n) is 3.13. The van der Waals surface area contributed by atoms with Crippen LogP contribution in [-0.2, 0) is 11.3 Å². The largest absolute Gasteiger partial charge is 0.460 e. The minimum atomic E-state index is -1.41. The van der Waals surface area contributed by atoms with E-state index in [1.165, 1.54) is 4.57 Å². The molecule has 1 aromatic carbocycles. The first-order valence-corrected chi connectivity index (χ1v) is 8.56. The van der Waals surface area contributed by atoms with Crippen molar-refractivity contribution < 1.29 is 24.8 Å². The van der Waals surface area contributed by atoms with Crippen LogP contribution in [0.5, 0.6) is 6.01 Å². The van der Waals surface area contributed by atoms with Gasteiger partial charge in [0.25, 0.3) is 5.56 Å². The van der Waals surface area contributed by atoms with Gasteiger partial charge in [0.2, 0.25) is 5.95 Å². The highest BCUT2D eigenvalue weighted by Gasteiger charge is 2.45. The molecule has 28 heavy (non-hydrogen) atoms. The standard InChI is InChI=1S/C17H19N5O6/c18-16-20-13-10(14(26)21-16)19-17(27-7-8-4-2-1-3-5-8)22(13)15-12(25)11(24)9(6-23)28-15/h1-5,9,11-12,15,23-25H,6-7H2,(H3,18,20,21,26)/t9-,11?,12?,15-/m1/s1. The molecule has 3 aromatic rings. The Morgan fingerprint density at radius 3 is 2.64 bits per heavy atom. The van der Waals surface area contributed by atoms with E-state index in [1.54, 1.807) is 0 Å². The molecular weight excluding hydrogens is 370 g/mol. The molecule has 0 radical (unpaired) electrons. The van der Waals surface area contributed by atoms with Gasteiger partial charge in [-0.25, -0.2) is 4.57 Å². The van der Waals surface area contributed by atoms with Crippen LogP contribution in [0.3, 0.4) is 0 Å². The molecule has 2 aromatic heterocycles. The summed E-state index contributed by atoms with van der Waals surface area (Å²) in [6.45, 7) is -0.371. The van der Waals surface area contributed by atoms with Gasteiger partial charge in [-0.1, -0.05) is 30.3 Å². The number of aliphatic hydroxyl groups excluding tert-OH is 3. The highest BCUT2D eigenvalue weighted by Crippen LogP contribution is 2.34. The minimum absolute atomic E-state index is 0.0270. The number of hydrogen-bond donors (Lipinski definition) is 5. The normalized spacial score (nSPS) is 24.7. The molecule has 6 N–H and O–H groups in total. The minimum Gasteiger partial charge on any atom is -0.460 e. The number of rotatable bonds is 5. The average molecular weight is 389 g/mol. The molecule has 4 rings (SSSR count). The molecular formula is C17H19N5O6. The van der Waals surface area contributed by atoms with Crippen molar-refractivity contribution in [3.63, 3.8) is 0 Å². The Bertz CT molecular complexity index is 1040. The van der Waals surface area contributed by atoms with Gasteiger partial charge in [-0.2, -0.15) is 9.97 Å². The number of nitrogen functional groups attached to an aromatic ring is 1. The Hall–Kier alpha value is -2.99. The Kier molecular flexibility index (Phi) is 4.73. The maximum absolute atomic E-state index is 12.2. The van der Waals surface area contributed by atoms with Crippen LogP contribution < -0.4 is 16.0 Å². The molecule has 2 unspecified atom stereocenters. The highest BCUT2D eigenvalue weighted by molar-refractivity contribution is 5.72. The van der Waals surface area contributed by atoms with Gasteiger partial charge in [-0.3, -0.25) is 9.78 Å². The van der Waals surface area contributed by atoms with Gasteiger partial charge in [0.05, 0.1) is 6.61 Å². The van der Waals surface area contributed by atoms with E-state index in [4.69, 9.17) is 15.2 Å². The van der Waals surface area contributed by atoms with Crippen molar-refractivity contribution in [3.8, 4) is 6.01 Å². The lowest BCUT2D eigenvalue weighted by atomic mass is 10.1. The number of aromatic nitrogens is 4. The number of hydrogen-bond acceptors (Lipinski definition) is 9. The molecule has 0 amide bonds. The van der Waals surface area contributed by atoms with Crippen molar-refractivity contribution in [2.24, 2.45) is 0 Å². The first-order valence-electron chi connectivity index (χ1n) is 8.56. The summed E-state index contributed by atoms with van der Waals surface area (Å²) in [5.74, 6) is -0.153. The number of nitrogens with zero attached hydrogens (tertiary/aromatic N) is 3. The molecule has 11 nitrogen and oxygen atoms in total. The number of ether oxygens (including phenoxy) is 2. The number of nitrogens with one attached hydrogen (secondary N) is 1. The van der Waals surface area contributed by atoms with Crippen molar-refractivity contribution in [2.45, 2.75) is 31.1 Å². The molecule has 4 atom stereocenters. The van der Waals surface area contributed by atoms with E-state index in [0.29, 0.717) is 0 Å². The topological polar surface area (TPSA) is 169 Å². The van der Waals surface area contributed by atoms with Gasteiger partial charge in [-0.15, -0.1) is 0 Å². The monoisotopic (exact) mass is 389 g/mol. The van der Waals surface area contributed by atoms with E-state index in [-0.39, 0.29) is 29.7 Å². The van der Waals surface area contributed by atoms with Crippen LogP contribution in [0.15, 0.2) is 35.1 Å². The van der Waals surface area contributed by atoms with Gasteiger partial charge < -0.3 is 30.5 Å². The molecule has 1 saturated heterocycles. The van der Waals surface area contributed by atoms with Crippen LogP contribution in [0.1, 0.15) is 11.8 Å². The summed E-state index contributed by atoms with van der Waals surface area (Å²) in [7, 11) is 0. The predicted octanol–water partition coefficient (Wildman–Crippen LogP) is -1.11. The second-order valence-corrected chi connectivity index (χ2v) is 6.39. The van der Waals surface area contributed by atoms with Crippen LogP contribution in [0.2, 0.25) is 0 Å². The summed E-state index contributed by atoms with van der Waals surface area (Å²) in [5, 5.41) is 29.8. The Morgan fingerprint density at radius 1 is 1.21 bits per heavy atom. The third-order valence-corrected chi connectivity index (χ3v) is 4.52. The lowest BCUT2D eigenvalue weighted by molar-refractivity contribution is -0.0545. The maximum atomic E-state index is 12.2. The van der Waals surface area contributed by atoms with Gasteiger partial charge in [0, 0.05) is 0 Å². The van der Waals surface area contributed by atoms with Crippen LogP contribution in [-0.4, -0.2) is 59.8 Å². The molecule has 1 aliphatic rings. The third-order valence-electron chi connectivity index (χ3n) is 4.52. The second kappa shape index (κ2) is 7.20. The van der Waals surface area contributed by atoms with Crippen LogP contribution in [0.25, 0.3) is 11.2 Å². The summed E-state index contributed by atoms with van der Waals surface area (Å²) in [6, 6.07) is 9.22. The maximum Gasteiger partial charge on any atom is 0.301 e. The Balaban J connectivity index is 1.79. The van der Waals surface area contributed by atoms with Gasteiger partial charge in [-0.05, 0) is 5.56 Å². The van der Waals surface area contributed by atoms with E-state index >= 15 is 0 Å². The number of imidazole rings is 1. The lowest BCUT2D eigenvalue weighted by Crippen LogP contribution is -2.33. The van der Waals surface area contributed by atoms with Crippen molar-refractivity contribution in [3.05, 3.63) is 46.2 Å². The first kappa shape index (κ1) is 18.4. The lowest BCUT2D eigenvalue weighted by Gasteiger charge is -2.19. The summed E-state index contributed by atoms with van der Waals surface area (Å²) in [5.41, 5.74) is 5.87. The number of anilines is 1. The van der Waals surface area contributed by atoms with E-state index < -0.39 is 36.7 Å². The summed E-state index contributed by atoms with van der Waals surface area (Å²) < 4.78 is 12.6. The zero-order valence-corrected chi connectivity index (χ0v) is 14.6. The predicted molar refractivity (Wildman–Crippen MR) is 96.3 cm³/mol. The zero-order chi connectivity index (χ0) is 19.8. The molecule has 3 heterocycles. The van der Waals surface area contributed by atoms with Crippen molar-refractivity contribution in [1.29, 1.82) is 0 Å². The van der Waals surface area contributed by atoms with Crippen LogP contribution in [0.4, 0.5) is 5.95 Å². The molecule has 0 bridgehead atoms. The number of fused-ring (bicyclic) bond motifs is 1. The van der Waals surface area contributed by atoms with Crippen LogP contribution in [0, 0.1) is 0 Å². The van der Waals surface area contributed by atoms with Crippen molar-refractivity contribution in [1.82, 2.24) is 19.5 Å². The summed E-state index contributed by atoms with van der Waals surface area (Å²) >= 11 is 0. The number of benzene rings is 1. The van der Waals surface area contributed by atoms with E-state index in [0.717, 1.165) is 5.56 Å². The molecule has 0 aliphatic carbocycles. The molecule has 1 aliphatic heterocycles. The quantitative estimate of drug-likeness (QED) is 0.363. The number of aliphatic hydroxyl groups is 3. The van der Waals surface area contributed by atoms with Gasteiger partial charge in [0.15, 0.2) is 17.4 Å². The van der Waals surface area contributed by atoms with Crippen LogP contribution >= 0.6 is 0 Å². The van der Waals surface area contributed by atoms with E-state index in [2.05, 4.69) is 15.0 Å². The summed E-state index contributed by atoms with van der Waals surface area (Å²) in [4.78, 5) is 22.8. The Morgan fingerprint density at radius 2 is 1.96 bits per heavy atom. The molecule has 11 heteroatoms. The molecule has 148 valence electrons. The fraction of sp³-hybridized carbons (Fsp3) is 0.353. The van der Waals surface area contributed by atoms with E-state index in [9.17, 15) is 20.1 Å². The smallest absolute Gasteiger partial charge is 0.301 e. The van der Waals surface area contributed by atoms with Gasteiger partial charge >= 0.3 is 6.01 Å². The first-order chi connectivity index (χ1) is 13.5. The SMILES string of the molecule is Nc1nc2c(nc(OCc3ccccc3)n2[C@@H]2O[C@H](CO)C(O)C2O)c(=O)[nH]1. The number of nitrogens with two attached hydrogens (primary N) is 1. The van der Waals surface area contributed by atoms with Crippen molar-refractivity contribution >= 4 is 17.1 Å². The zero-order valence-electron chi connectivity index (χ0n) is 14.6. The average Bonchev–Trinajstić information content (AvgIpc) is 3.18. The number of aromatic amines is 1. The molecule has 0 saturated carbocycles. The molecule has 1 fully saturated rings. The second-order valence-electron chi connectivity index (χ2n) is 6.39. The van der Waals surface area contributed by atoms with E-state index in [1.807, 2.05) is 30.3 Å². The highest BCUT2D eigenvalue weighted by atomic mass is 16.6. The fourth-order valence-corrected chi connectivity index (χ4v) is 3.13. The number of H-pyrrole nitrogens is 1. The van der Waals surface area contributed by atoms with Gasteiger partial charge in [0.1, 0.15) is 24.9 Å². The Labute approximate surface area is 158 Å².